The van der Waals surface area contributed by atoms with Crippen LogP contribution in [0, 0.1) is 0 Å². The Morgan fingerprint density at radius 3 is 2.56 bits per heavy atom. The van der Waals surface area contributed by atoms with E-state index in [0.29, 0.717) is 19.4 Å². The first kappa shape index (κ1) is 20.4. The van der Waals surface area contributed by atoms with Crippen molar-refractivity contribution < 1.29 is 19.5 Å². The van der Waals surface area contributed by atoms with Crippen LogP contribution in [0.25, 0.3) is 10.9 Å². The zero-order chi connectivity index (χ0) is 19.8. The van der Waals surface area contributed by atoms with Crippen molar-refractivity contribution in [3.8, 4) is 0 Å². The SMILES string of the molecule is CC(=O)N[C@@H](CCCCN)C(=O)N[C@@H](Cc1c[nH]c2ccccc12)C(=O)O. The van der Waals surface area contributed by atoms with E-state index in [0.717, 1.165) is 22.9 Å². The van der Waals surface area contributed by atoms with E-state index in [1.807, 2.05) is 24.3 Å². The summed E-state index contributed by atoms with van der Waals surface area (Å²) in [6.45, 7) is 1.82. The summed E-state index contributed by atoms with van der Waals surface area (Å²) < 4.78 is 0. The highest BCUT2D eigenvalue weighted by Gasteiger charge is 2.26. The number of benzene rings is 1. The van der Waals surface area contributed by atoms with Gasteiger partial charge in [-0.25, -0.2) is 4.79 Å². The topological polar surface area (TPSA) is 137 Å². The number of aliphatic carboxylic acids is 1. The number of aromatic nitrogens is 1. The predicted octanol–water partition coefficient (Wildman–Crippen LogP) is 0.914. The number of carboxylic acid groups (broad SMARTS) is 1. The molecule has 8 heteroatoms. The van der Waals surface area contributed by atoms with Crippen LogP contribution >= 0.6 is 0 Å². The molecule has 0 radical (unpaired) electrons. The Balaban J connectivity index is 2.09. The summed E-state index contributed by atoms with van der Waals surface area (Å²) in [7, 11) is 0. The number of nitrogens with one attached hydrogen (secondary N) is 3. The van der Waals surface area contributed by atoms with E-state index in [-0.39, 0.29) is 12.3 Å². The van der Waals surface area contributed by atoms with Gasteiger partial charge in [-0.1, -0.05) is 18.2 Å². The Morgan fingerprint density at radius 1 is 1.15 bits per heavy atom. The summed E-state index contributed by atoms with van der Waals surface area (Å²) in [5, 5.41) is 15.6. The Bertz CT molecular complexity index is 802. The van der Waals surface area contributed by atoms with Gasteiger partial charge in [0.05, 0.1) is 0 Å². The van der Waals surface area contributed by atoms with Crippen LogP contribution < -0.4 is 16.4 Å². The van der Waals surface area contributed by atoms with Gasteiger partial charge < -0.3 is 26.5 Å². The van der Waals surface area contributed by atoms with Crippen molar-refractivity contribution in [2.45, 2.75) is 44.7 Å². The van der Waals surface area contributed by atoms with Crippen molar-refractivity contribution in [1.82, 2.24) is 15.6 Å². The fourth-order valence-corrected chi connectivity index (χ4v) is 3.00. The van der Waals surface area contributed by atoms with Crippen LogP contribution in [0.4, 0.5) is 0 Å². The van der Waals surface area contributed by atoms with Gasteiger partial charge in [0.25, 0.3) is 0 Å². The number of hydrogen-bond donors (Lipinski definition) is 5. The highest BCUT2D eigenvalue weighted by molar-refractivity contribution is 5.90. The van der Waals surface area contributed by atoms with Gasteiger partial charge in [0.2, 0.25) is 11.8 Å². The second-order valence-corrected chi connectivity index (χ2v) is 6.50. The molecule has 0 aliphatic carbocycles. The fraction of sp³-hybridized carbons (Fsp3) is 0.421. The summed E-state index contributed by atoms with van der Waals surface area (Å²) in [5.41, 5.74) is 7.17. The minimum atomic E-state index is -1.13. The van der Waals surface area contributed by atoms with Crippen molar-refractivity contribution in [3.63, 3.8) is 0 Å². The molecule has 2 aromatic rings. The molecule has 27 heavy (non-hydrogen) atoms. The third-order valence-corrected chi connectivity index (χ3v) is 4.35. The Morgan fingerprint density at radius 2 is 1.89 bits per heavy atom. The normalized spacial score (nSPS) is 13.1. The lowest BCUT2D eigenvalue weighted by Gasteiger charge is -2.21. The maximum Gasteiger partial charge on any atom is 0.326 e. The summed E-state index contributed by atoms with van der Waals surface area (Å²) in [5.74, 6) is -1.97. The largest absolute Gasteiger partial charge is 0.480 e. The number of carbonyl (C=O) groups is 3. The molecular formula is C19H26N4O4. The van der Waals surface area contributed by atoms with Crippen LogP contribution in [0.2, 0.25) is 0 Å². The number of carboxylic acids is 1. The molecule has 8 nitrogen and oxygen atoms in total. The number of H-pyrrole nitrogens is 1. The first-order chi connectivity index (χ1) is 12.9. The number of aromatic amines is 1. The molecular weight excluding hydrogens is 348 g/mol. The molecule has 2 atom stereocenters. The van der Waals surface area contributed by atoms with Gasteiger partial charge in [0, 0.05) is 30.4 Å². The number of hydrogen-bond acceptors (Lipinski definition) is 4. The first-order valence-electron chi connectivity index (χ1n) is 8.97. The molecule has 0 aliphatic heterocycles. The Kier molecular flexibility index (Phi) is 7.36. The molecule has 0 saturated carbocycles. The minimum Gasteiger partial charge on any atom is -0.480 e. The van der Waals surface area contributed by atoms with Crippen LogP contribution in [0.1, 0.15) is 31.7 Å². The molecule has 1 aromatic heterocycles. The third kappa shape index (κ3) is 5.82. The summed E-state index contributed by atoms with van der Waals surface area (Å²) in [4.78, 5) is 38.7. The minimum absolute atomic E-state index is 0.140. The molecule has 146 valence electrons. The highest BCUT2D eigenvalue weighted by Crippen LogP contribution is 2.19. The second kappa shape index (κ2) is 9.72. The number of unbranched alkanes of at least 4 members (excludes halogenated alkanes) is 1. The van der Waals surface area contributed by atoms with Gasteiger partial charge in [0.1, 0.15) is 12.1 Å². The zero-order valence-electron chi connectivity index (χ0n) is 15.3. The Labute approximate surface area is 157 Å². The number of nitrogens with two attached hydrogens (primary N) is 1. The molecule has 0 spiro atoms. The lowest BCUT2D eigenvalue weighted by atomic mass is 10.0. The van der Waals surface area contributed by atoms with Crippen LogP contribution in [-0.2, 0) is 20.8 Å². The molecule has 6 N–H and O–H groups in total. The van der Waals surface area contributed by atoms with E-state index < -0.39 is 24.0 Å². The second-order valence-electron chi connectivity index (χ2n) is 6.50. The molecule has 0 fully saturated rings. The fourth-order valence-electron chi connectivity index (χ4n) is 3.00. The summed E-state index contributed by atoms with van der Waals surface area (Å²) in [6.07, 6.45) is 3.68. The van der Waals surface area contributed by atoms with Crippen molar-refractivity contribution >= 4 is 28.7 Å². The maximum absolute atomic E-state index is 12.6. The van der Waals surface area contributed by atoms with Crippen LogP contribution in [0.15, 0.2) is 30.5 Å². The number of rotatable bonds is 10. The van der Waals surface area contributed by atoms with Gasteiger partial charge >= 0.3 is 5.97 Å². The molecule has 2 amide bonds. The molecule has 0 bridgehead atoms. The molecule has 0 aliphatic rings. The smallest absolute Gasteiger partial charge is 0.326 e. The van der Waals surface area contributed by atoms with Crippen LogP contribution in [0.5, 0.6) is 0 Å². The van der Waals surface area contributed by atoms with Gasteiger partial charge in [-0.3, -0.25) is 9.59 Å². The predicted molar refractivity (Wildman–Crippen MR) is 102 cm³/mol. The molecule has 2 rings (SSSR count). The van der Waals surface area contributed by atoms with Crippen molar-refractivity contribution in [1.29, 1.82) is 0 Å². The summed E-state index contributed by atoms with van der Waals surface area (Å²) >= 11 is 0. The quantitative estimate of drug-likeness (QED) is 0.394. The molecule has 1 aromatic carbocycles. The van der Waals surface area contributed by atoms with Crippen LogP contribution in [0.3, 0.4) is 0 Å². The van der Waals surface area contributed by atoms with Gasteiger partial charge in [-0.15, -0.1) is 0 Å². The average molecular weight is 374 g/mol. The lowest BCUT2D eigenvalue weighted by Crippen LogP contribution is -2.51. The molecule has 0 unspecified atom stereocenters. The maximum atomic E-state index is 12.6. The van der Waals surface area contributed by atoms with Crippen molar-refractivity contribution in [3.05, 3.63) is 36.0 Å². The van der Waals surface area contributed by atoms with E-state index in [4.69, 9.17) is 5.73 Å². The van der Waals surface area contributed by atoms with Gasteiger partial charge in [-0.05, 0) is 37.4 Å². The molecule has 1 heterocycles. The monoisotopic (exact) mass is 374 g/mol. The Hall–Kier alpha value is -2.87. The third-order valence-electron chi connectivity index (χ3n) is 4.35. The van der Waals surface area contributed by atoms with E-state index >= 15 is 0 Å². The van der Waals surface area contributed by atoms with E-state index in [2.05, 4.69) is 15.6 Å². The first-order valence-corrected chi connectivity index (χ1v) is 8.97. The average Bonchev–Trinajstić information content (AvgIpc) is 3.03. The number of fused-ring (bicyclic) bond motifs is 1. The van der Waals surface area contributed by atoms with Crippen molar-refractivity contribution in [2.75, 3.05) is 6.54 Å². The number of para-hydroxylation sites is 1. The lowest BCUT2D eigenvalue weighted by molar-refractivity contribution is -0.142. The molecule has 0 saturated heterocycles. The van der Waals surface area contributed by atoms with Gasteiger partial charge in [0.15, 0.2) is 0 Å². The van der Waals surface area contributed by atoms with Crippen molar-refractivity contribution in [2.24, 2.45) is 5.73 Å². The summed E-state index contributed by atoms with van der Waals surface area (Å²) in [6, 6.07) is 5.68. The van der Waals surface area contributed by atoms with Gasteiger partial charge in [-0.2, -0.15) is 0 Å². The standard InChI is InChI=1S/C19H26N4O4/c1-12(24)22-16(8-4-5-9-20)18(25)23-17(19(26)27)10-13-11-21-15-7-3-2-6-14(13)15/h2-3,6-7,11,16-17,21H,4-5,8-10,20H2,1H3,(H,22,24)(H,23,25)(H,26,27)/t16-,17-/m0/s1. The number of carbonyl (C=O) groups excluding carboxylic acids is 2. The number of amides is 2. The van der Waals surface area contributed by atoms with E-state index in [9.17, 15) is 19.5 Å². The van der Waals surface area contributed by atoms with E-state index in [1.54, 1.807) is 6.20 Å². The zero-order valence-corrected chi connectivity index (χ0v) is 15.3. The highest BCUT2D eigenvalue weighted by atomic mass is 16.4. The van der Waals surface area contributed by atoms with Crippen LogP contribution in [-0.4, -0.2) is 46.5 Å². The van der Waals surface area contributed by atoms with E-state index in [1.165, 1.54) is 6.92 Å².